The van der Waals surface area contributed by atoms with Crippen molar-refractivity contribution in [2.24, 2.45) is 0 Å². The Hall–Kier alpha value is -2.87. The van der Waals surface area contributed by atoms with Gasteiger partial charge in [-0.25, -0.2) is 4.39 Å². The highest BCUT2D eigenvalue weighted by Crippen LogP contribution is 2.27. The van der Waals surface area contributed by atoms with Crippen molar-refractivity contribution in [2.45, 2.75) is 43.8 Å². The summed E-state index contributed by atoms with van der Waals surface area (Å²) in [6, 6.07) is 13.4. The zero-order valence-corrected chi connectivity index (χ0v) is 17.2. The summed E-state index contributed by atoms with van der Waals surface area (Å²) in [6.07, 6.45) is 0.437. The molecule has 8 heteroatoms. The van der Waals surface area contributed by atoms with Crippen molar-refractivity contribution in [3.8, 4) is 5.75 Å². The Bertz CT molecular complexity index is 945. The Morgan fingerprint density at radius 3 is 2.48 bits per heavy atom. The van der Waals surface area contributed by atoms with E-state index < -0.39 is 11.4 Å². The maximum atomic E-state index is 13.0. The van der Waals surface area contributed by atoms with Crippen LogP contribution in [0.15, 0.2) is 58.2 Å². The Labute approximate surface area is 172 Å². The fraction of sp³-hybridized carbons (Fsp3) is 0.286. The maximum Gasteiger partial charge on any atom is 0.277 e. The quantitative estimate of drug-likeness (QED) is 0.520. The van der Waals surface area contributed by atoms with Gasteiger partial charge in [-0.1, -0.05) is 30.8 Å². The minimum atomic E-state index is -0.511. The number of carbonyl (C=O) groups is 1. The molecule has 0 saturated carbocycles. The molecule has 0 aliphatic heterocycles. The first-order chi connectivity index (χ1) is 13.9. The third-order valence-electron chi connectivity index (χ3n) is 4.17. The molecule has 0 aliphatic carbocycles. The summed E-state index contributed by atoms with van der Waals surface area (Å²) in [6.45, 7) is 5.60. The monoisotopic (exact) mass is 415 g/mol. The summed E-state index contributed by atoms with van der Waals surface area (Å²) in [5.41, 5.74) is 1.95. The van der Waals surface area contributed by atoms with Crippen LogP contribution in [0, 0.1) is 5.82 Å². The van der Waals surface area contributed by atoms with Crippen LogP contribution in [0.4, 0.5) is 10.1 Å². The Balaban J connectivity index is 1.55. The molecular weight excluding hydrogens is 393 g/mol. The zero-order chi connectivity index (χ0) is 20.8. The number of anilines is 1. The lowest BCUT2D eigenvalue weighted by Gasteiger charge is -2.11. The van der Waals surface area contributed by atoms with E-state index in [-0.39, 0.29) is 22.8 Å². The van der Waals surface area contributed by atoms with E-state index in [9.17, 15) is 9.18 Å². The van der Waals surface area contributed by atoms with E-state index in [0.717, 1.165) is 12.1 Å². The number of halogens is 1. The lowest BCUT2D eigenvalue weighted by molar-refractivity contribution is -0.115. The van der Waals surface area contributed by atoms with Crippen LogP contribution in [0.2, 0.25) is 0 Å². The smallest absolute Gasteiger partial charge is 0.277 e. The molecule has 2 atom stereocenters. The van der Waals surface area contributed by atoms with Crippen molar-refractivity contribution in [2.75, 3.05) is 5.32 Å². The van der Waals surface area contributed by atoms with E-state index in [1.54, 1.807) is 13.8 Å². The molecule has 1 amide bonds. The largest absolute Gasteiger partial charge is 0.481 e. The van der Waals surface area contributed by atoms with Gasteiger partial charge in [-0.3, -0.25) is 4.79 Å². The van der Waals surface area contributed by atoms with Crippen LogP contribution in [-0.4, -0.2) is 21.4 Å². The molecule has 1 N–H and O–H groups in total. The van der Waals surface area contributed by atoms with Gasteiger partial charge in [0, 0.05) is 5.69 Å². The van der Waals surface area contributed by atoms with Gasteiger partial charge in [0.2, 0.25) is 5.91 Å². The molecule has 0 fully saturated rings. The molecule has 2 aromatic carbocycles. The number of aromatic nitrogens is 2. The van der Waals surface area contributed by atoms with E-state index in [4.69, 9.17) is 9.15 Å². The highest BCUT2D eigenvalue weighted by molar-refractivity contribution is 8.00. The van der Waals surface area contributed by atoms with Crippen LogP contribution in [0.1, 0.15) is 38.3 Å². The van der Waals surface area contributed by atoms with Gasteiger partial charge < -0.3 is 14.5 Å². The second-order valence-electron chi connectivity index (χ2n) is 6.42. The van der Waals surface area contributed by atoms with Gasteiger partial charge in [0.25, 0.3) is 11.1 Å². The molecule has 0 radical (unpaired) electrons. The van der Waals surface area contributed by atoms with E-state index in [1.165, 1.54) is 41.6 Å². The number of benzene rings is 2. The molecule has 6 nitrogen and oxygen atoms in total. The van der Waals surface area contributed by atoms with E-state index in [1.807, 2.05) is 24.3 Å². The minimum absolute atomic E-state index is 0.158. The normalized spacial score (nSPS) is 13.0. The number of rotatable bonds is 8. The summed E-state index contributed by atoms with van der Waals surface area (Å²) < 4.78 is 24.2. The van der Waals surface area contributed by atoms with Crippen molar-refractivity contribution in [3.05, 3.63) is 65.8 Å². The third kappa shape index (κ3) is 5.80. The van der Waals surface area contributed by atoms with Crippen LogP contribution in [0.5, 0.6) is 5.75 Å². The number of hydrogen-bond acceptors (Lipinski definition) is 6. The van der Waals surface area contributed by atoms with Crippen LogP contribution < -0.4 is 10.1 Å². The van der Waals surface area contributed by atoms with Crippen LogP contribution >= 0.6 is 11.8 Å². The van der Waals surface area contributed by atoms with Crippen molar-refractivity contribution >= 4 is 23.4 Å². The Morgan fingerprint density at radius 2 is 1.83 bits per heavy atom. The average molecular weight is 415 g/mol. The van der Waals surface area contributed by atoms with Gasteiger partial charge in [0.05, 0.1) is 5.25 Å². The van der Waals surface area contributed by atoms with Crippen molar-refractivity contribution in [1.82, 2.24) is 10.2 Å². The maximum absolute atomic E-state index is 13.0. The first-order valence-corrected chi connectivity index (χ1v) is 10.1. The number of hydrogen-bond donors (Lipinski definition) is 1. The Kier molecular flexibility index (Phi) is 6.87. The highest BCUT2D eigenvalue weighted by atomic mass is 32.2. The number of nitrogens with one attached hydrogen (secondary N) is 1. The second kappa shape index (κ2) is 9.56. The number of carbonyl (C=O) groups excluding carboxylic acids is 1. The van der Waals surface area contributed by atoms with Gasteiger partial charge in [-0.15, -0.1) is 10.2 Å². The zero-order valence-electron chi connectivity index (χ0n) is 16.4. The van der Waals surface area contributed by atoms with E-state index in [2.05, 4.69) is 22.4 Å². The molecule has 29 heavy (non-hydrogen) atoms. The number of nitrogens with zero attached hydrogens (tertiary/aromatic N) is 2. The molecule has 1 aromatic heterocycles. The van der Waals surface area contributed by atoms with Gasteiger partial charge in [-0.05, 0) is 62.2 Å². The van der Waals surface area contributed by atoms with Crippen LogP contribution in [0.3, 0.4) is 0 Å². The summed E-state index contributed by atoms with van der Waals surface area (Å²) in [5.74, 6) is 0.275. The second-order valence-corrected chi connectivity index (χ2v) is 7.71. The molecule has 3 rings (SSSR count). The lowest BCUT2D eigenvalue weighted by Crippen LogP contribution is -2.22. The molecule has 0 bridgehead atoms. The van der Waals surface area contributed by atoms with Gasteiger partial charge in [0.15, 0.2) is 6.10 Å². The average Bonchev–Trinajstić information content (AvgIpc) is 3.19. The third-order valence-corrected chi connectivity index (χ3v) is 5.11. The SMILES string of the molecule is CCc1ccc(NC(=O)[C@@H](C)Sc2nnc([C@@H](C)Oc3ccc(F)cc3)o2)cc1. The summed E-state index contributed by atoms with van der Waals surface area (Å²) in [7, 11) is 0. The summed E-state index contributed by atoms with van der Waals surface area (Å²) >= 11 is 1.17. The summed E-state index contributed by atoms with van der Waals surface area (Å²) in [4.78, 5) is 12.4. The predicted octanol–water partition coefficient (Wildman–Crippen LogP) is 5.03. The summed E-state index contributed by atoms with van der Waals surface area (Å²) in [5, 5.41) is 10.7. The first kappa shape index (κ1) is 20.9. The molecular formula is C21H22FN3O3S. The van der Waals surface area contributed by atoms with E-state index >= 15 is 0 Å². The number of aryl methyl sites for hydroxylation is 1. The van der Waals surface area contributed by atoms with E-state index in [0.29, 0.717) is 5.75 Å². The van der Waals surface area contributed by atoms with Crippen molar-refractivity contribution in [1.29, 1.82) is 0 Å². The topological polar surface area (TPSA) is 77.2 Å². The minimum Gasteiger partial charge on any atom is -0.481 e. The number of ether oxygens (including phenoxy) is 1. The molecule has 1 heterocycles. The van der Waals surface area contributed by atoms with Crippen LogP contribution in [-0.2, 0) is 11.2 Å². The van der Waals surface area contributed by atoms with Crippen LogP contribution in [0.25, 0.3) is 0 Å². The first-order valence-electron chi connectivity index (χ1n) is 9.26. The lowest BCUT2D eigenvalue weighted by atomic mass is 10.1. The fourth-order valence-corrected chi connectivity index (χ4v) is 3.16. The molecule has 152 valence electrons. The number of thioether (sulfide) groups is 1. The molecule has 0 saturated heterocycles. The van der Waals surface area contributed by atoms with Crippen molar-refractivity contribution in [3.63, 3.8) is 0 Å². The molecule has 0 aliphatic rings. The molecule has 0 unspecified atom stereocenters. The number of amides is 1. The fourth-order valence-electron chi connectivity index (χ4n) is 2.47. The van der Waals surface area contributed by atoms with Crippen molar-refractivity contribution < 1.29 is 18.3 Å². The Morgan fingerprint density at radius 1 is 1.14 bits per heavy atom. The van der Waals surface area contributed by atoms with Gasteiger partial charge >= 0.3 is 0 Å². The standard InChI is InChI=1S/C21H22FN3O3S/c1-4-15-5-9-17(10-6-15)23-19(26)14(3)29-21-25-24-20(28-21)13(2)27-18-11-7-16(22)8-12-18/h5-14H,4H2,1-3H3,(H,23,26)/t13-,14-/m1/s1. The van der Waals surface area contributed by atoms with Gasteiger partial charge in [0.1, 0.15) is 11.6 Å². The molecule has 0 spiro atoms. The van der Waals surface area contributed by atoms with Gasteiger partial charge in [-0.2, -0.15) is 0 Å². The predicted molar refractivity (Wildman–Crippen MR) is 110 cm³/mol. The highest BCUT2D eigenvalue weighted by Gasteiger charge is 2.21. The molecule has 3 aromatic rings.